The van der Waals surface area contributed by atoms with E-state index in [9.17, 15) is 22.4 Å². The van der Waals surface area contributed by atoms with Crippen LogP contribution in [0.25, 0.3) is 0 Å². The molecule has 1 amide bonds. The highest BCUT2D eigenvalue weighted by Gasteiger charge is 2.24. The number of rotatable bonds is 8. The van der Waals surface area contributed by atoms with Crippen molar-refractivity contribution in [3.05, 3.63) is 94.8 Å². The zero-order chi connectivity index (χ0) is 24.0. The first-order chi connectivity index (χ1) is 15.7. The number of halogens is 2. The second-order valence-electron chi connectivity index (χ2n) is 7.02. The highest BCUT2D eigenvalue weighted by molar-refractivity contribution is 7.89. The van der Waals surface area contributed by atoms with E-state index in [0.29, 0.717) is 0 Å². The average molecular weight is 491 g/mol. The molecular weight excluding hydrogens is 471 g/mol. The number of nitrogens with one attached hydrogen (secondary N) is 1. The lowest BCUT2D eigenvalue weighted by Gasteiger charge is -2.18. The van der Waals surface area contributed by atoms with Crippen molar-refractivity contribution in [3.63, 3.8) is 0 Å². The van der Waals surface area contributed by atoms with Gasteiger partial charge in [0, 0.05) is 19.3 Å². The zero-order valence-electron chi connectivity index (χ0n) is 17.5. The van der Waals surface area contributed by atoms with Gasteiger partial charge in [0.05, 0.1) is 15.5 Å². The molecule has 0 fully saturated rings. The molecule has 172 valence electrons. The number of sulfonamides is 1. The predicted octanol–water partition coefficient (Wildman–Crippen LogP) is 4.10. The fourth-order valence-corrected chi connectivity index (χ4v) is 4.28. The molecule has 0 radical (unpaired) electrons. The molecule has 10 heteroatoms. The Kier molecular flexibility index (Phi) is 7.80. The largest absolute Gasteiger partial charge is 0.452 e. The van der Waals surface area contributed by atoms with E-state index in [4.69, 9.17) is 16.3 Å². The third-order valence-electron chi connectivity index (χ3n) is 4.56. The second-order valence-corrected chi connectivity index (χ2v) is 9.48. The van der Waals surface area contributed by atoms with Crippen LogP contribution in [0.5, 0.6) is 0 Å². The molecule has 1 N–H and O–H groups in total. The van der Waals surface area contributed by atoms with Gasteiger partial charge in [0.2, 0.25) is 10.0 Å². The van der Waals surface area contributed by atoms with Gasteiger partial charge in [-0.1, -0.05) is 48.0 Å². The van der Waals surface area contributed by atoms with E-state index >= 15 is 0 Å². The van der Waals surface area contributed by atoms with Gasteiger partial charge in [0.15, 0.2) is 6.61 Å². The first-order valence-electron chi connectivity index (χ1n) is 9.69. The normalized spacial score (nSPS) is 11.3. The molecule has 0 aliphatic rings. The number of amides is 1. The zero-order valence-corrected chi connectivity index (χ0v) is 19.1. The van der Waals surface area contributed by atoms with Crippen molar-refractivity contribution in [2.45, 2.75) is 11.4 Å². The molecule has 0 heterocycles. The van der Waals surface area contributed by atoms with Crippen molar-refractivity contribution in [1.82, 2.24) is 4.31 Å². The Labute approximate surface area is 195 Å². The number of nitrogens with zero attached hydrogens (tertiary/aromatic N) is 1. The lowest BCUT2D eigenvalue weighted by Crippen LogP contribution is -2.27. The van der Waals surface area contributed by atoms with Crippen LogP contribution in [-0.4, -0.2) is 38.3 Å². The molecule has 3 aromatic carbocycles. The summed E-state index contributed by atoms with van der Waals surface area (Å²) in [6.07, 6.45) is 0. The number of anilines is 1. The maximum absolute atomic E-state index is 13.2. The van der Waals surface area contributed by atoms with Crippen LogP contribution in [0.4, 0.5) is 10.1 Å². The highest BCUT2D eigenvalue weighted by Crippen LogP contribution is 2.24. The van der Waals surface area contributed by atoms with Gasteiger partial charge in [-0.3, -0.25) is 4.79 Å². The molecule has 0 saturated carbocycles. The smallest absolute Gasteiger partial charge is 0.340 e. The third kappa shape index (κ3) is 6.38. The summed E-state index contributed by atoms with van der Waals surface area (Å²) in [6, 6.07) is 17.9. The van der Waals surface area contributed by atoms with E-state index in [-0.39, 0.29) is 27.7 Å². The molecule has 0 saturated heterocycles. The van der Waals surface area contributed by atoms with Crippen LogP contribution in [0, 0.1) is 5.82 Å². The summed E-state index contributed by atoms with van der Waals surface area (Å²) < 4.78 is 45.2. The van der Waals surface area contributed by atoms with Gasteiger partial charge in [-0.15, -0.1) is 0 Å². The van der Waals surface area contributed by atoms with Gasteiger partial charge >= 0.3 is 5.97 Å². The maximum Gasteiger partial charge on any atom is 0.340 e. The number of hydrogen-bond donors (Lipinski definition) is 1. The van der Waals surface area contributed by atoms with Crippen LogP contribution in [0.3, 0.4) is 0 Å². The molecule has 33 heavy (non-hydrogen) atoms. The molecule has 0 spiro atoms. The van der Waals surface area contributed by atoms with Gasteiger partial charge in [0.25, 0.3) is 5.91 Å². The molecule has 3 rings (SSSR count). The number of hydrogen-bond acceptors (Lipinski definition) is 5. The van der Waals surface area contributed by atoms with Gasteiger partial charge < -0.3 is 10.1 Å². The monoisotopic (exact) mass is 490 g/mol. The average Bonchev–Trinajstić information content (AvgIpc) is 2.78. The van der Waals surface area contributed by atoms with E-state index < -0.39 is 34.3 Å². The number of benzene rings is 3. The van der Waals surface area contributed by atoms with Crippen molar-refractivity contribution >= 4 is 39.2 Å². The van der Waals surface area contributed by atoms with Crippen LogP contribution >= 0.6 is 11.6 Å². The summed E-state index contributed by atoms with van der Waals surface area (Å²) in [7, 11) is -2.51. The molecule has 0 atom stereocenters. The third-order valence-corrected chi connectivity index (χ3v) is 6.69. The van der Waals surface area contributed by atoms with E-state index in [0.717, 1.165) is 22.0 Å². The van der Waals surface area contributed by atoms with Crippen LogP contribution in [0.15, 0.2) is 77.7 Å². The fraction of sp³-hybridized carbons (Fsp3) is 0.130. The lowest BCUT2D eigenvalue weighted by atomic mass is 10.2. The second kappa shape index (κ2) is 10.6. The van der Waals surface area contributed by atoms with Crippen molar-refractivity contribution < 1.29 is 27.1 Å². The Morgan fingerprint density at radius 3 is 2.45 bits per heavy atom. The summed E-state index contributed by atoms with van der Waals surface area (Å²) in [6.45, 7) is -0.539. The van der Waals surface area contributed by atoms with Crippen LogP contribution in [0.1, 0.15) is 15.9 Å². The summed E-state index contributed by atoms with van der Waals surface area (Å²) in [5, 5.41) is 2.35. The Morgan fingerprint density at radius 1 is 1.03 bits per heavy atom. The first-order valence-corrected chi connectivity index (χ1v) is 11.5. The SMILES string of the molecule is CN(Cc1ccccc1)S(=O)(=O)c1ccc(Cl)c(C(=O)OCC(=O)Nc2cccc(F)c2)c1. The molecule has 7 nitrogen and oxygen atoms in total. The topological polar surface area (TPSA) is 92.8 Å². The molecule has 0 unspecified atom stereocenters. The number of ether oxygens (including phenoxy) is 1. The van der Waals surface area contributed by atoms with Crippen molar-refractivity contribution in [3.8, 4) is 0 Å². The van der Waals surface area contributed by atoms with E-state index in [1.165, 1.54) is 37.4 Å². The van der Waals surface area contributed by atoms with E-state index in [2.05, 4.69) is 5.32 Å². The summed E-state index contributed by atoms with van der Waals surface area (Å²) in [5.74, 6) is -2.21. The predicted molar refractivity (Wildman–Crippen MR) is 122 cm³/mol. The maximum atomic E-state index is 13.2. The van der Waals surface area contributed by atoms with E-state index in [1.807, 2.05) is 6.07 Å². The van der Waals surface area contributed by atoms with Crippen LogP contribution < -0.4 is 5.32 Å². The molecule has 0 aliphatic heterocycles. The lowest BCUT2D eigenvalue weighted by molar-refractivity contribution is -0.119. The van der Waals surface area contributed by atoms with Gasteiger partial charge in [-0.05, 0) is 42.0 Å². The Bertz CT molecular complexity index is 1270. The minimum absolute atomic E-state index is 0.0322. The Balaban J connectivity index is 1.69. The minimum Gasteiger partial charge on any atom is -0.452 e. The summed E-state index contributed by atoms with van der Waals surface area (Å²) >= 11 is 6.06. The van der Waals surface area contributed by atoms with Crippen molar-refractivity contribution in [1.29, 1.82) is 0 Å². The highest BCUT2D eigenvalue weighted by atomic mass is 35.5. The summed E-state index contributed by atoms with van der Waals surface area (Å²) in [4.78, 5) is 24.3. The van der Waals surface area contributed by atoms with Gasteiger partial charge in [0.1, 0.15) is 5.82 Å². The van der Waals surface area contributed by atoms with Crippen LogP contribution in [-0.2, 0) is 26.1 Å². The molecule has 3 aromatic rings. The Hall–Kier alpha value is -3.27. The van der Waals surface area contributed by atoms with Gasteiger partial charge in [-0.2, -0.15) is 4.31 Å². The number of esters is 1. The first kappa shape index (κ1) is 24.4. The molecule has 0 aliphatic carbocycles. The quantitative estimate of drug-likeness (QED) is 0.480. The molecule has 0 bridgehead atoms. The summed E-state index contributed by atoms with van der Waals surface area (Å²) in [5.41, 5.74) is 0.787. The Morgan fingerprint density at radius 2 is 1.76 bits per heavy atom. The van der Waals surface area contributed by atoms with Crippen molar-refractivity contribution in [2.24, 2.45) is 0 Å². The number of carbonyl (C=O) groups is 2. The number of carbonyl (C=O) groups excluding carboxylic acids is 2. The molecule has 0 aromatic heterocycles. The standard InChI is InChI=1S/C23H20ClFN2O5S/c1-27(14-16-6-3-2-4-7-16)33(30,31)19-10-11-21(24)20(13-19)23(29)32-15-22(28)26-18-9-5-8-17(25)12-18/h2-13H,14-15H2,1H3,(H,26,28). The van der Waals surface area contributed by atoms with E-state index in [1.54, 1.807) is 24.3 Å². The molecular formula is C23H20ClFN2O5S. The van der Waals surface area contributed by atoms with Crippen LogP contribution in [0.2, 0.25) is 5.02 Å². The minimum atomic E-state index is -3.93. The fourth-order valence-electron chi connectivity index (χ4n) is 2.90. The van der Waals surface area contributed by atoms with Crippen molar-refractivity contribution in [2.75, 3.05) is 19.0 Å². The van der Waals surface area contributed by atoms with Gasteiger partial charge in [-0.25, -0.2) is 17.6 Å².